The Bertz CT molecular complexity index is 648. The van der Waals surface area contributed by atoms with E-state index in [4.69, 9.17) is 0 Å². The molecule has 0 radical (unpaired) electrons. The lowest BCUT2D eigenvalue weighted by molar-refractivity contribution is 0.143. The Morgan fingerprint density at radius 2 is 1.96 bits per heavy atom. The maximum atomic E-state index is 9.86. The van der Waals surface area contributed by atoms with Crippen LogP contribution in [-0.2, 0) is 0 Å². The lowest BCUT2D eigenvalue weighted by Gasteiger charge is -2.30. The minimum absolute atomic E-state index is 0.128. The highest BCUT2D eigenvalue weighted by Crippen LogP contribution is 2.46. The molecule has 2 fully saturated rings. The Kier molecular flexibility index (Phi) is 6.43. The third-order valence-electron chi connectivity index (χ3n) is 6.05. The van der Waals surface area contributed by atoms with Gasteiger partial charge >= 0.3 is 0 Å². The normalized spacial score (nSPS) is 32.2. The Hall–Kier alpha value is -1.30. The maximum absolute atomic E-state index is 9.86. The van der Waals surface area contributed by atoms with Gasteiger partial charge in [-0.25, -0.2) is 0 Å². The van der Waals surface area contributed by atoms with Crippen LogP contribution >= 0.6 is 0 Å². The predicted molar refractivity (Wildman–Crippen MR) is 107 cm³/mol. The van der Waals surface area contributed by atoms with Gasteiger partial charge in [0.1, 0.15) is 5.60 Å². The molecule has 3 aliphatic rings. The summed E-state index contributed by atoms with van der Waals surface area (Å²) in [6.07, 6.45) is 18.0. The molecule has 0 aromatic carbocycles. The first-order chi connectivity index (χ1) is 12.4. The van der Waals surface area contributed by atoms with E-state index in [2.05, 4.69) is 30.1 Å². The van der Waals surface area contributed by atoms with Crippen molar-refractivity contribution in [2.24, 2.45) is 11.8 Å². The molecule has 0 spiro atoms. The molecule has 2 nitrogen and oxygen atoms in total. The number of aliphatic hydroxyl groups is 2. The van der Waals surface area contributed by atoms with Crippen LogP contribution in [0.15, 0.2) is 34.9 Å². The summed E-state index contributed by atoms with van der Waals surface area (Å²) in [6, 6.07) is 0. The van der Waals surface area contributed by atoms with Gasteiger partial charge in [-0.05, 0) is 83.5 Å². The second kappa shape index (κ2) is 8.59. The van der Waals surface area contributed by atoms with Crippen LogP contribution in [0.4, 0.5) is 0 Å². The van der Waals surface area contributed by atoms with E-state index in [-0.39, 0.29) is 6.10 Å². The molecule has 0 heterocycles. The summed E-state index contributed by atoms with van der Waals surface area (Å²) < 4.78 is 0. The first kappa shape index (κ1) is 19.5. The van der Waals surface area contributed by atoms with Crippen LogP contribution in [0.1, 0.15) is 78.1 Å². The second-order valence-corrected chi connectivity index (χ2v) is 8.80. The number of hydrogen-bond donors (Lipinski definition) is 2. The molecule has 142 valence electrons. The zero-order valence-electron chi connectivity index (χ0n) is 16.4. The van der Waals surface area contributed by atoms with E-state index < -0.39 is 5.60 Å². The number of hydrogen-bond acceptors (Lipinski definition) is 2. The van der Waals surface area contributed by atoms with Crippen molar-refractivity contribution in [1.82, 2.24) is 0 Å². The highest BCUT2D eigenvalue weighted by atomic mass is 16.3. The summed E-state index contributed by atoms with van der Waals surface area (Å²) in [7, 11) is 0. The van der Waals surface area contributed by atoms with Crippen molar-refractivity contribution in [3.63, 3.8) is 0 Å². The molecule has 0 amide bonds. The van der Waals surface area contributed by atoms with E-state index in [1.54, 1.807) is 25.0 Å². The highest BCUT2D eigenvalue weighted by Gasteiger charge is 2.34. The number of fused-ring (bicyclic) bond motifs is 1. The molecule has 0 aromatic rings. The fraction of sp³-hybridized carbons (Fsp3) is 0.667. The third kappa shape index (κ3) is 5.35. The van der Waals surface area contributed by atoms with Crippen LogP contribution in [0.25, 0.3) is 0 Å². The van der Waals surface area contributed by atoms with Crippen LogP contribution < -0.4 is 0 Å². The molecule has 2 N–H and O–H groups in total. The van der Waals surface area contributed by atoms with Crippen LogP contribution in [0.3, 0.4) is 0 Å². The zero-order valence-corrected chi connectivity index (χ0v) is 16.4. The van der Waals surface area contributed by atoms with Crippen molar-refractivity contribution in [2.45, 2.75) is 89.8 Å². The molecule has 2 heteroatoms. The van der Waals surface area contributed by atoms with Gasteiger partial charge in [0, 0.05) is 6.42 Å². The molecule has 2 saturated carbocycles. The SMILES string of the molecule is CC(C)(O)C#CCCC1=CCC2/C(=C/C=C3/CCC[C@H](O)C3)CCC[C@H]12. The quantitative estimate of drug-likeness (QED) is 0.548. The number of allylic oxidation sites excluding steroid dienone is 5. The summed E-state index contributed by atoms with van der Waals surface area (Å²) in [5.74, 6) is 7.46. The van der Waals surface area contributed by atoms with Crippen molar-refractivity contribution < 1.29 is 10.2 Å². The molecular weight excluding hydrogens is 320 g/mol. The summed E-state index contributed by atoms with van der Waals surface area (Å²) in [5, 5.41) is 19.6. The number of aliphatic hydroxyl groups excluding tert-OH is 1. The van der Waals surface area contributed by atoms with Gasteiger partial charge in [0.25, 0.3) is 0 Å². The van der Waals surface area contributed by atoms with Gasteiger partial charge in [0.2, 0.25) is 0 Å². The van der Waals surface area contributed by atoms with E-state index in [9.17, 15) is 10.2 Å². The lowest BCUT2D eigenvalue weighted by atomic mass is 9.74. The minimum Gasteiger partial charge on any atom is -0.393 e. The Morgan fingerprint density at radius 1 is 1.15 bits per heavy atom. The highest BCUT2D eigenvalue weighted by molar-refractivity contribution is 5.30. The summed E-state index contributed by atoms with van der Waals surface area (Å²) in [5.41, 5.74) is 3.74. The van der Waals surface area contributed by atoms with Gasteiger partial charge in [-0.2, -0.15) is 0 Å². The first-order valence-electron chi connectivity index (χ1n) is 10.4. The van der Waals surface area contributed by atoms with Crippen LogP contribution in [0.5, 0.6) is 0 Å². The van der Waals surface area contributed by atoms with Crippen LogP contribution in [0.2, 0.25) is 0 Å². The molecule has 3 aliphatic carbocycles. The fourth-order valence-corrected chi connectivity index (χ4v) is 4.79. The predicted octanol–water partition coefficient (Wildman–Crippen LogP) is 5.08. The summed E-state index contributed by atoms with van der Waals surface area (Å²) in [6.45, 7) is 3.48. The second-order valence-electron chi connectivity index (χ2n) is 8.80. The molecule has 0 aromatic heterocycles. The monoisotopic (exact) mass is 354 g/mol. The molecule has 1 unspecified atom stereocenters. The van der Waals surface area contributed by atoms with Gasteiger partial charge in [-0.1, -0.05) is 46.8 Å². The average Bonchev–Trinajstić information content (AvgIpc) is 3.00. The van der Waals surface area contributed by atoms with Crippen molar-refractivity contribution in [2.75, 3.05) is 0 Å². The number of rotatable bonds is 3. The molecular formula is C24H34O2. The van der Waals surface area contributed by atoms with Crippen molar-refractivity contribution in [3.8, 4) is 11.8 Å². The zero-order chi connectivity index (χ0) is 18.6. The molecule has 26 heavy (non-hydrogen) atoms. The van der Waals surface area contributed by atoms with Gasteiger partial charge in [0.15, 0.2) is 0 Å². The van der Waals surface area contributed by atoms with Gasteiger partial charge in [-0.15, -0.1) is 0 Å². The topological polar surface area (TPSA) is 40.5 Å². The van der Waals surface area contributed by atoms with Crippen LogP contribution in [-0.4, -0.2) is 21.9 Å². The smallest absolute Gasteiger partial charge is 0.119 e. The van der Waals surface area contributed by atoms with Crippen LogP contribution in [0, 0.1) is 23.7 Å². The van der Waals surface area contributed by atoms with Crippen molar-refractivity contribution in [3.05, 3.63) is 34.9 Å². The third-order valence-corrected chi connectivity index (χ3v) is 6.05. The van der Waals surface area contributed by atoms with E-state index in [0.717, 1.165) is 38.5 Å². The molecule has 3 atom stereocenters. The van der Waals surface area contributed by atoms with Gasteiger partial charge < -0.3 is 10.2 Å². The fourth-order valence-electron chi connectivity index (χ4n) is 4.79. The Morgan fingerprint density at radius 3 is 2.73 bits per heavy atom. The van der Waals surface area contributed by atoms with Crippen molar-refractivity contribution in [1.29, 1.82) is 0 Å². The van der Waals surface area contributed by atoms with E-state index in [0.29, 0.717) is 11.8 Å². The average molecular weight is 355 g/mol. The molecule has 0 saturated heterocycles. The van der Waals surface area contributed by atoms with Gasteiger partial charge in [0.05, 0.1) is 6.10 Å². The van der Waals surface area contributed by atoms with E-state index in [1.165, 1.54) is 31.3 Å². The Balaban J connectivity index is 1.59. The standard InChI is InChI=1S/C24H34O2/c1-24(2,26)16-4-3-8-19-14-15-23-20(9-6-11-22(19)23)13-12-18-7-5-10-21(25)17-18/h12-14,21-23,25-26H,3,5-11,15,17H2,1-2H3/b18-12-,20-13+/t21-,22+,23?/m0/s1. The Labute approximate surface area is 159 Å². The first-order valence-corrected chi connectivity index (χ1v) is 10.4. The van der Waals surface area contributed by atoms with E-state index in [1.807, 2.05) is 0 Å². The molecule has 3 rings (SSSR count). The minimum atomic E-state index is -0.881. The molecule has 0 aliphatic heterocycles. The molecule has 0 bridgehead atoms. The lowest BCUT2D eigenvalue weighted by Crippen LogP contribution is -2.19. The van der Waals surface area contributed by atoms with E-state index >= 15 is 0 Å². The summed E-state index contributed by atoms with van der Waals surface area (Å²) in [4.78, 5) is 0. The van der Waals surface area contributed by atoms with Gasteiger partial charge in [-0.3, -0.25) is 0 Å². The van der Waals surface area contributed by atoms with Crippen molar-refractivity contribution >= 4 is 0 Å². The summed E-state index contributed by atoms with van der Waals surface area (Å²) >= 11 is 0. The largest absolute Gasteiger partial charge is 0.393 e. The maximum Gasteiger partial charge on any atom is 0.119 e.